The van der Waals surface area contributed by atoms with E-state index in [0.717, 1.165) is 12.8 Å². The summed E-state index contributed by atoms with van der Waals surface area (Å²) in [6, 6.07) is 0. The summed E-state index contributed by atoms with van der Waals surface area (Å²) in [5, 5.41) is 2.72. The number of amides is 1. The van der Waals surface area contributed by atoms with Gasteiger partial charge in [0.05, 0.1) is 6.61 Å². The molecule has 0 aliphatic rings. The van der Waals surface area contributed by atoms with E-state index >= 15 is 0 Å². The molecule has 0 bridgehead atoms. The molecule has 1 amide bonds. The molecule has 4 heteroatoms. The SMILES string of the molecule is C=C(C)C(=O)NCCCCOC(=O)CC(C)C. The standard InChI is InChI=1S/C13H23NO3/c1-10(2)9-12(15)17-8-6-5-7-14-13(16)11(3)4/h10H,3,5-9H2,1-2,4H3,(H,14,16). The Labute approximate surface area is 103 Å². The lowest BCUT2D eigenvalue weighted by Gasteiger charge is -2.07. The summed E-state index contributed by atoms with van der Waals surface area (Å²) in [5.74, 6) is 0.0603. The molecule has 0 saturated carbocycles. The first kappa shape index (κ1) is 15.7. The van der Waals surface area contributed by atoms with Crippen molar-refractivity contribution >= 4 is 11.9 Å². The van der Waals surface area contributed by atoms with Gasteiger partial charge in [0.15, 0.2) is 0 Å². The Morgan fingerprint density at radius 2 is 1.94 bits per heavy atom. The lowest BCUT2D eigenvalue weighted by Crippen LogP contribution is -2.24. The molecule has 0 unspecified atom stereocenters. The average Bonchev–Trinajstić information content (AvgIpc) is 2.21. The lowest BCUT2D eigenvalue weighted by molar-refractivity contribution is -0.144. The van der Waals surface area contributed by atoms with Crippen LogP contribution in [0, 0.1) is 5.92 Å². The largest absolute Gasteiger partial charge is 0.466 e. The summed E-state index contributed by atoms with van der Waals surface area (Å²) in [6.07, 6.45) is 2.03. The molecule has 98 valence electrons. The van der Waals surface area contributed by atoms with Gasteiger partial charge < -0.3 is 10.1 Å². The Morgan fingerprint density at radius 1 is 1.29 bits per heavy atom. The van der Waals surface area contributed by atoms with Crippen LogP contribution in [-0.4, -0.2) is 25.0 Å². The monoisotopic (exact) mass is 241 g/mol. The van der Waals surface area contributed by atoms with Crippen molar-refractivity contribution in [3.05, 3.63) is 12.2 Å². The van der Waals surface area contributed by atoms with Crippen LogP contribution >= 0.6 is 0 Å². The molecule has 0 spiro atoms. The first-order valence-corrected chi connectivity index (χ1v) is 6.02. The smallest absolute Gasteiger partial charge is 0.306 e. The highest BCUT2D eigenvalue weighted by Crippen LogP contribution is 2.01. The van der Waals surface area contributed by atoms with E-state index in [4.69, 9.17) is 4.74 Å². The third-order valence-corrected chi connectivity index (χ3v) is 2.08. The average molecular weight is 241 g/mol. The van der Waals surface area contributed by atoms with Crippen molar-refractivity contribution in [3.63, 3.8) is 0 Å². The number of ether oxygens (including phenoxy) is 1. The molecule has 17 heavy (non-hydrogen) atoms. The fourth-order valence-electron chi connectivity index (χ4n) is 1.16. The Balaban J connectivity index is 3.38. The van der Waals surface area contributed by atoms with Gasteiger partial charge in [-0.3, -0.25) is 9.59 Å². The molecule has 0 saturated heterocycles. The molecular formula is C13H23NO3. The van der Waals surface area contributed by atoms with Crippen LogP contribution in [0.25, 0.3) is 0 Å². The lowest BCUT2D eigenvalue weighted by atomic mass is 10.1. The number of unbranched alkanes of at least 4 members (excludes halogenated alkanes) is 1. The molecule has 0 aliphatic heterocycles. The van der Waals surface area contributed by atoms with E-state index in [1.165, 1.54) is 0 Å². The summed E-state index contributed by atoms with van der Waals surface area (Å²) in [7, 11) is 0. The van der Waals surface area contributed by atoms with Gasteiger partial charge in [-0.1, -0.05) is 20.4 Å². The van der Waals surface area contributed by atoms with Gasteiger partial charge in [-0.15, -0.1) is 0 Å². The quantitative estimate of drug-likeness (QED) is 0.402. The normalized spacial score (nSPS) is 10.1. The van der Waals surface area contributed by atoms with Crippen LogP contribution < -0.4 is 5.32 Å². The third kappa shape index (κ3) is 9.60. The number of esters is 1. The summed E-state index contributed by atoms with van der Waals surface area (Å²) in [4.78, 5) is 22.3. The Kier molecular flexibility index (Phi) is 8.11. The summed E-state index contributed by atoms with van der Waals surface area (Å²) >= 11 is 0. The zero-order valence-electron chi connectivity index (χ0n) is 11.0. The Bertz CT molecular complexity index is 272. The predicted octanol–water partition coefficient (Wildman–Crippen LogP) is 2.05. The Morgan fingerprint density at radius 3 is 2.47 bits per heavy atom. The molecule has 0 aromatic heterocycles. The summed E-state index contributed by atoms with van der Waals surface area (Å²) in [6.45, 7) is 10.2. The van der Waals surface area contributed by atoms with E-state index in [9.17, 15) is 9.59 Å². The van der Waals surface area contributed by atoms with Gasteiger partial charge in [0.25, 0.3) is 0 Å². The van der Waals surface area contributed by atoms with E-state index in [2.05, 4.69) is 11.9 Å². The van der Waals surface area contributed by atoms with Crippen molar-refractivity contribution in [2.24, 2.45) is 5.92 Å². The fourth-order valence-corrected chi connectivity index (χ4v) is 1.16. The number of carbonyl (C=O) groups excluding carboxylic acids is 2. The summed E-state index contributed by atoms with van der Waals surface area (Å²) in [5.41, 5.74) is 0.508. The van der Waals surface area contributed by atoms with Crippen LogP contribution in [0.5, 0.6) is 0 Å². The van der Waals surface area contributed by atoms with Crippen LogP contribution in [0.3, 0.4) is 0 Å². The molecule has 0 rings (SSSR count). The maximum absolute atomic E-state index is 11.2. The molecule has 1 N–H and O–H groups in total. The molecule has 0 radical (unpaired) electrons. The molecule has 4 nitrogen and oxygen atoms in total. The highest BCUT2D eigenvalue weighted by atomic mass is 16.5. The number of rotatable bonds is 8. The topological polar surface area (TPSA) is 55.4 Å². The zero-order valence-corrected chi connectivity index (χ0v) is 11.0. The molecule has 0 aliphatic carbocycles. The van der Waals surface area contributed by atoms with Crippen LogP contribution in [0.1, 0.15) is 40.0 Å². The van der Waals surface area contributed by atoms with E-state index in [0.29, 0.717) is 31.1 Å². The van der Waals surface area contributed by atoms with Crippen molar-refractivity contribution < 1.29 is 14.3 Å². The van der Waals surface area contributed by atoms with E-state index in [1.807, 2.05) is 13.8 Å². The minimum Gasteiger partial charge on any atom is -0.466 e. The van der Waals surface area contributed by atoms with Gasteiger partial charge in [-0.25, -0.2) is 0 Å². The zero-order chi connectivity index (χ0) is 13.3. The molecular weight excluding hydrogens is 218 g/mol. The molecule has 0 heterocycles. The number of nitrogens with one attached hydrogen (secondary N) is 1. The number of carbonyl (C=O) groups is 2. The minimum absolute atomic E-state index is 0.123. The first-order valence-electron chi connectivity index (χ1n) is 6.02. The van der Waals surface area contributed by atoms with Gasteiger partial charge in [0.1, 0.15) is 0 Å². The second-order valence-electron chi connectivity index (χ2n) is 4.56. The highest BCUT2D eigenvalue weighted by Gasteiger charge is 2.05. The minimum atomic E-state index is -0.147. The second-order valence-corrected chi connectivity index (χ2v) is 4.56. The van der Waals surface area contributed by atoms with Crippen LogP contribution in [0.4, 0.5) is 0 Å². The van der Waals surface area contributed by atoms with Gasteiger partial charge in [-0.2, -0.15) is 0 Å². The van der Waals surface area contributed by atoms with Gasteiger partial charge >= 0.3 is 5.97 Å². The molecule has 0 aromatic carbocycles. The van der Waals surface area contributed by atoms with Crippen molar-refractivity contribution in [1.82, 2.24) is 5.32 Å². The maximum Gasteiger partial charge on any atom is 0.306 e. The first-order chi connectivity index (χ1) is 7.93. The van der Waals surface area contributed by atoms with E-state index in [1.54, 1.807) is 6.92 Å². The molecule has 0 atom stereocenters. The van der Waals surface area contributed by atoms with Crippen LogP contribution in [0.2, 0.25) is 0 Å². The maximum atomic E-state index is 11.2. The van der Waals surface area contributed by atoms with Crippen molar-refractivity contribution in [1.29, 1.82) is 0 Å². The van der Waals surface area contributed by atoms with Crippen molar-refractivity contribution in [2.75, 3.05) is 13.2 Å². The van der Waals surface area contributed by atoms with Crippen molar-refractivity contribution in [2.45, 2.75) is 40.0 Å². The van der Waals surface area contributed by atoms with Crippen LogP contribution in [0.15, 0.2) is 12.2 Å². The van der Waals surface area contributed by atoms with Gasteiger partial charge in [0, 0.05) is 18.5 Å². The number of hydrogen-bond donors (Lipinski definition) is 1. The third-order valence-electron chi connectivity index (χ3n) is 2.08. The predicted molar refractivity (Wildman–Crippen MR) is 67.5 cm³/mol. The fraction of sp³-hybridized carbons (Fsp3) is 0.692. The number of hydrogen-bond acceptors (Lipinski definition) is 3. The van der Waals surface area contributed by atoms with Gasteiger partial charge in [0.2, 0.25) is 5.91 Å². The highest BCUT2D eigenvalue weighted by molar-refractivity contribution is 5.91. The summed E-state index contributed by atoms with van der Waals surface area (Å²) < 4.78 is 5.04. The van der Waals surface area contributed by atoms with E-state index in [-0.39, 0.29) is 11.9 Å². The van der Waals surface area contributed by atoms with Gasteiger partial charge in [-0.05, 0) is 25.7 Å². The molecule has 0 aromatic rings. The van der Waals surface area contributed by atoms with Crippen LogP contribution in [-0.2, 0) is 14.3 Å². The molecule has 0 fully saturated rings. The Hall–Kier alpha value is -1.32. The second kappa shape index (κ2) is 8.79. The van der Waals surface area contributed by atoms with Crippen molar-refractivity contribution in [3.8, 4) is 0 Å². The van der Waals surface area contributed by atoms with E-state index < -0.39 is 0 Å².